The Kier molecular flexibility index (Phi) is 4.24. The molecule has 23 heavy (non-hydrogen) atoms. The van der Waals surface area contributed by atoms with Crippen molar-refractivity contribution >= 4 is 5.91 Å². The quantitative estimate of drug-likeness (QED) is 0.919. The average Bonchev–Trinajstić information content (AvgIpc) is 2.58. The highest BCUT2D eigenvalue weighted by molar-refractivity contribution is 5.95. The zero-order valence-electron chi connectivity index (χ0n) is 13.5. The van der Waals surface area contributed by atoms with Gasteiger partial charge in [-0.2, -0.15) is 0 Å². The van der Waals surface area contributed by atoms with Gasteiger partial charge in [0.1, 0.15) is 0 Å². The summed E-state index contributed by atoms with van der Waals surface area (Å²) in [5, 5.41) is 3.22. The van der Waals surface area contributed by atoms with Gasteiger partial charge in [0.25, 0.3) is 5.91 Å². The van der Waals surface area contributed by atoms with E-state index in [0.29, 0.717) is 17.1 Å². The molecule has 2 aromatic carbocycles. The van der Waals surface area contributed by atoms with E-state index < -0.39 is 0 Å². The van der Waals surface area contributed by atoms with E-state index in [1.165, 1.54) is 5.56 Å². The third kappa shape index (κ3) is 2.89. The second kappa shape index (κ2) is 6.32. The first-order chi connectivity index (χ1) is 11.2. The van der Waals surface area contributed by atoms with Crippen molar-refractivity contribution in [1.29, 1.82) is 0 Å². The van der Waals surface area contributed by atoms with E-state index in [-0.39, 0.29) is 11.4 Å². The van der Waals surface area contributed by atoms with Gasteiger partial charge in [-0.05, 0) is 43.0 Å². The van der Waals surface area contributed by atoms with Gasteiger partial charge in [-0.3, -0.25) is 4.79 Å². The van der Waals surface area contributed by atoms with Crippen LogP contribution >= 0.6 is 0 Å². The fourth-order valence-corrected chi connectivity index (χ4v) is 3.04. The Morgan fingerprint density at radius 3 is 2.26 bits per heavy atom. The van der Waals surface area contributed by atoms with Crippen molar-refractivity contribution in [2.75, 3.05) is 14.2 Å². The van der Waals surface area contributed by atoms with Crippen molar-refractivity contribution in [3.8, 4) is 11.5 Å². The molecule has 3 rings (SSSR count). The van der Waals surface area contributed by atoms with Crippen molar-refractivity contribution in [3.05, 3.63) is 59.7 Å². The van der Waals surface area contributed by atoms with Gasteiger partial charge in [0.15, 0.2) is 11.5 Å². The lowest BCUT2D eigenvalue weighted by atomic mass is 9.71. The minimum Gasteiger partial charge on any atom is -0.493 e. The van der Waals surface area contributed by atoms with Crippen LogP contribution in [0.4, 0.5) is 0 Å². The van der Waals surface area contributed by atoms with Crippen LogP contribution in [-0.2, 0) is 5.54 Å². The number of amides is 1. The molecule has 1 amide bonds. The van der Waals surface area contributed by atoms with Crippen LogP contribution in [0.3, 0.4) is 0 Å². The first kappa shape index (κ1) is 15.4. The molecule has 2 aromatic rings. The highest BCUT2D eigenvalue weighted by Gasteiger charge is 2.40. The minimum atomic E-state index is -0.245. The zero-order chi connectivity index (χ0) is 16.3. The Morgan fingerprint density at radius 2 is 1.70 bits per heavy atom. The Hall–Kier alpha value is -2.49. The highest BCUT2D eigenvalue weighted by atomic mass is 16.5. The third-order valence-electron chi connectivity index (χ3n) is 4.53. The number of carbonyl (C=O) groups is 1. The van der Waals surface area contributed by atoms with Crippen molar-refractivity contribution in [3.63, 3.8) is 0 Å². The van der Waals surface area contributed by atoms with Gasteiger partial charge in [0.2, 0.25) is 0 Å². The smallest absolute Gasteiger partial charge is 0.252 e. The second-order valence-electron chi connectivity index (χ2n) is 5.83. The van der Waals surface area contributed by atoms with Crippen molar-refractivity contribution in [2.45, 2.75) is 24.8 Å². The van der Waals surface area contributed by atoms with Gasteiger partial charge in [-0.1, -0.05) is 30.3 Å². The number of carbonyl (C=O) groups excluding carboxylic acids is 1. The van der Waals surface area contributed by atoms with Crippen LogP contribution < -0.4 is 14.8 Å². The largest absolute Gasteiger partial charge is 0.493 e. The summed E-state index contributed by atoms with van der Waals surface area (Å²) >= 11 is 0. The Bertz CT molecular complexity index is 693. The standard InChI is InChI=1S/C19H21NO3/c1-22-16-10-9-14(13-17(16)23-2)18(21)20-19(11-6-12-19)15-7-4-3-5-8-15/h3-5,7-10,13H,6,11-12H2,1-2H3,(H,20,21). The molecule has 4 heteroatoms. The van der Waals surface area contributed by atoms with Crippen molar-refractivity contribution < 1.29 is 14.3 Å². The van der Waals surface area contributed by atoms with Gasteiger partial charge in [-0.15, -0.1) is 0 Å². The first-order valence-electron chi connectivity index (χ1n) is 7.78. The van der Waals surface area contributed by atoms with Gasteiger partial charge >= 0.3 is 0 Å². The summed E-state index contributed by atoms with van der Waals surface area (Å²) in [6.45, 7) is 0. The summed E-state index contributed by atoms with van der Waals surface area (Å²) in [5.74, 6) is 1.09. The van der Waals surface area contributed by atoms with Gasteiger partial charge < -0.3 is 14.8 Å². The maximum atomic E-state index is 12.7. The predicted molar refractivity (Wildman–Crippen MR) is 89.0 cm³/mol. The lowest BCUT2D eigenvalue weighted by Crippen LogP contribution is -2.50. The molecule has 0 unspecified atom stereocenters. The van der Waals surface area contributed by atoms with Crippen LogP contribution in [0.5, 0.6) is 11.5 Å². The summed E-state index contributed by atoms with van der Waals surface area (Å²) in [7, 11) is 3.15. The van der Waals surface area contributed by atoms with E-state index >= 15 is 0 Å². The Morgan fingerprint density at radius 1 is 1.00 bits per heavy atom. The zero-order valence-corrected chi connectivity index (χ0v) is 13.5. The van der Waals surface area contributed by atoms with Crippen LogP contribution in [0.2, 0.25) is 0 Å². The Balaban J connectivity index is 1.84. The second-order valence-corrected chi connectivity index (χ2v) is 5.83. The number of benzene rings is 2. The van der Waals surface area contributed by atoms with Gasteiger partial charge in [0.05, 0.1) is 19.8 Å². The van der Waals surface area contributed by atoms with Crippen LogP contribution in [0.1, 0.15) is 35.2 Å². The third-order valence-corrected chi connectivity index (χ3v) is 4.53. The fourth-order valence-electron chi connectivity index (χ4n) is 3.04. The molecule has 0 aromatic heterocycles. The fraction of sp³-hybridized carbons (Fsp3) is 0.316. The van der Waals surface area contributed by atoms with E-state index in [0.717, 1.165) is 19.3 Å². The normalized spacial score (nSPS) is 15.4. The molecule has 120 valence electrons. The molecule has 0 aliphatic heterocycles. The van der Waals surface area contributed by atoms with E-state index in [9.17, 15) is 4.79 Å². The summed E-state index contributed by atoms with van der Waals surface area (Å²) < 4.78 is 10.5. The lowest BCUT2D eigenvalue weighted by Gasteiger charge is -2.43. The molecular formula is C19H21NO3. The number of methoxy groups -OCH3 is 2. The van der Waals surface area contributed by atoms with E-state index in [2.05, 4.69) is 17.4 Å². The van der Waals surface area contributed by atoms with E-state index in [4.69, 9.17) is 9.47 Å². The molecule has 1 fully saturated rings. The summed E-state index contributed by atoms with van der Waals surface area (Å²) in [6.07, 6.45) is 3.06. The molecule has 0 radical (unpaired) electrons. The molecule has 1 N–H and O–H groups in total. The predicted octanol–water partition coefficient (Wildman–Crippen LogP) is 3.51. The maximum absolute atomic E-state index is 12.7. The van der Waals surface area contributed by atoms with E-state index in [1.807, 2.05) is 18.2 Å². The molecule has 1 saturated carbocycles. The van der Waals surface area contributed by atoms with Gasteiger partial charge in [-0.25, -0.2) is 0 Å². The average molecular weight is 311 g/mol. The number of ether oxygens (including phenoxy) is 2. The monoisotopic (exact) mass is 311 g/mol. The number of nitrogens with one attached hydrogen (secondary N) is 1. The van der Waals surface area contributed by atoms with Crippen LogP contribution in [0.25, 0.3) is 0 Å². The molecule has 0 heterocycles. The summed E-state index contributed by atoms with van der Waals surface area (Å²) in [4.78, 5) is 12.7. The van der Waals surface area contributed by atoms with Crippen molar-refractivity contribution in [1.82, 2.24) is 5.32 Å². The Labute approximate surface area is 136 Å². The molecule has 1 aliphatic carbocycles. The maximum Gasteiger partial charge on any atom is 0.252 e. The van der Waals surface area contributed by atoms with Gasteiger partial charge in [0, 0.05) is 5.56 Å². The van der Waals surface area contributed by atoms with Crippen LogP contribution in [0, 0.1) is 0 Å². The molecule has 0 saturated heterocycles. The number of hydrogen-bond donors (Lipinski definition) is 1. The summed E-state index contributed by atoms with van der Waals surface area (Å²) in [6, 6.07) is 15.4. The minimum absolute atomic E-state index is 0.0884. The van der Waals surface area contributed by atoms with Crippen LogP contribution in [-0.4, -0.2) is 20.1 Å². The number of rotatable bonds is 5. The number of hydrogen-bond acceptors (Lipinski definition) is 3. The van der Waals surface area contributed by atoms with Crippen LogP contribution in [0.15, 0.2) is 48.5 Å². The molecule has 4 nitrogen and oxygen atoms in total. The first-order valence-corrected chi connectivity index (χ1v) is 7.78. The molecule has 0 bridgehead atoms. The van der Waals surface area contributed by atoms with Crippen molar-refractivity contribution in [2.24, 2.45) is 0 Å². The highest BCUT2D eigenvalue weighted by Crippen LogP contribution is 2.41. The molecule has 0 atom stereocenters. The molecular weight excluding hydrogens is 290 g/mol. The molecule has 1 aliphatic rings. The topological polar surface area (TPSA) is 47.6 Å². The van der Waals surface area contributed by atoms with E-state index in [1.54, 1.807) is 32.4 Å². The lowest BCUT2D eigenvalue weighted by molar-refractivity contribution is 0.0823. The molecule has 0 spiro atoms. The SMILES string of the molecule is COc1ccc(C(=O)NC2(c3ccccc3)CCC2)cc1OC. The summed E-state index contributed by atoms with van der Waals surface area (Å²) in [5.41, 5.74) is 1.50.